The van der Waals surface area contributed by atoms with Gasteiger partial charge in [-0.05, 0) is 25.0 Å². The van der Waals surface area contributed by atoms with E-state index in [9.17, 15) is 4.79 Å². The Morgan fingerprint density at radius 2 is 2.10 bits per heavy atom. The van der Waals surface area contributed by atoms with Crippen LogP contribution in [0, 0.1) is 6.92 Å². The summed E-state index contributed by atoms with van der Waals surface area (Å²) in [6, 6.07) is 0. The molecule has 0 aromatic carbocycles. The average molecular weight is 289 g/mol. The third-order valence-electron chi connectivity index (χ3n) is 2.78. The second-order valence-electron chi connectivity index (χ2n) is 4.62. The smallest absolute Gasteiger partial charge is 0.339 e. The highest BCUT2D eigenvalue weighted by molar-refractivity contribution is 7.10. The molecule has 20 heavy (non-hydrogen) atoms. The number of hydrogen-bond acceptors (Lipinski definition) is 5. The van der Waals surface area contributed by atoms with Crippen LogP contribution in [0.15, 0.2) is 11.7 Å². The van der Waals surface area contributed by atoms with Gasteiger partial charge in [0, 0.05) is 11.1 Å². The molecule has 2 aromatic rings. The van der Waals surface area contributed by atoms with Gasteiger partial charge in [0.25, 0.3) is 0 Å². The van der Waals surface area contributed by atoms with Crippen LogP contribution in [0.3, 0.4) is 0 Å². The van der Waals surface area contributed by atoms with Crippen molar-refractivity contribution in [3.05, 3.63) is 39.4 Å². The van der Waals surface area contributed by atoms with Gasteiger partial charge in [-0.2, -0.15) is 0 Å². The molecule has 0 spiro atoms. The number of carboxylic acid groups (broad SMARTS) is 1. The summed E-state index contributed by atoms with van der Waals surface area (Å²) in [6.07, 6.45) is 5.04. The van der Waals surface area contributed by atoms with Gasteiger partial charge in [0.05, 0.1) is 22.5 Å². The Kier molecular flexibility index (Phi) is 4.24. The zero-order valence-corrected chi connectivity index (χ0v) is 12.3. The number of carbonyl (C=O) groups is 1. The third kappa shape index (κ3) is 3.08. The molecule has 0 fully saturated rings. The molecule has 0 radical (unpaired) electrons. The van der Waals surface area contributed by atoms with Gasteiger partial charge in [-0.3, -0.25) is 0 Å². The summed E-state index contributed by atoms with van der Waals surface area (Å²) >= 11 is 1.54. The number of rotatable bonds is 4. The highest BCUT2D eigenvalue weighted by atomic mass is 32.1. The molecule has 0 bridgehead atoms. The minimum absolute atomic E-state index is 0.0291. The molecule has 1 N–H and O–H groups in total. The maximum atomic E-state index is 11.1. The fraction of sp³-hybridized carbons (Fsp3) is 0.286. The summed E-state index contributed by atoms with van der Waals surface area (Å²) < 4.78 is 0. The van der Waals surface area contributed by atoms with Crippen molar-refractivity contribution in [3.63, 3.8) is 0 Å². The molecule has 0 aliphatic heterocycles. The van der Waals surface area contributed by atoms with Gasteiger partial charge in [-0.15, -0.1) is 11.3 Å². The zero-order chi connectivity index (χ0) is 14.7. The summed E-state index contributed by atoms with van der Waals surface area (Å²) in [7, 11) is 0. The minimum atomic E-state index is -0.998. The van der Waals surface area contributed by atoms with Crippen LogP contribution in [0.2, 0.25) is 0 Å². The molecule has 104 valence electrons. The Balaban J connectivity index is 2.34. The first-order valence-electron chi connectivity index (χ1n) is 6.17. The van der Waals surface area contributed by atoms with Crippen molar-refractivity contribution in [1.29, 1.82) is 0 Å². The minimum Gasteiger partial charge on any atom is -0.478 e. The van der Waals surface area contributed by atoms with E-state index in [0.717, 1.165) is 10.6 Å². The topological polar surface area (TPSA) is 76.0 Å². The van der Waals surface area contributed by atoms with E-state index >= 15 is 0 Å². The van der Waals surface area contributed by atoms with Crippen LogP contribution in [0.5, 0.6) is 0 Å². The molecular weight excluding hydrogens is 274 g/mol. The Hall–Kier alpha value is -2.08. The molecule has 2 heterocycles. The van der Waals surface area contributed by atoms with Gasteiger partial charge in [-0.1, -0.05) is 13.8 Å². The normalized spacial score (nSPS) is 11.4. The zero-order valence-electron chi connectivity index (χ0n) is 11.5. The number of aryl methyl sites for hydroxylation is 1. The second-order valence-corrected chi connectivity index (χ2v) is 5.51. The monoisotopic (exact) mass is 289 g/mol. The van der Waals surface area contributed by atoms with E-state index in [4.69, 9.17) is 5.11 Å². The quantitative estimate of drug-likeness (QED) is 0.935. The van der Waals surface area contributed by atoms with Crippen molar-refractivity contribution in [2.75, 3.05) is 0 Å². The van der Waals surface area contributed by atoms with Crippen molar-refractivity contribution >= 4 is 29.5 Å². The fourth-order valence-corrected chi connectivity index (χ4v) is 2.41. The van der Waals surface area contributed by atoms with Crippen molar-refractivity contribution in [2.45, 2.75) is 26.7 Å². The molecule has 0 aliphatic rings. The van der Waals surface area contributed by atoms with E-state index in [2.05, 4.69) is 15.0 Å². The number of hydrogen-bond donors (Lipinski definition) is 1. The van der Waals surface area contributed by atoms with Crippen molar-refractivity contribution in [3.8, 4) is 0 Å². The van der Waals surface area contributed by atoms with Crippen LogP contribution in [0.4, 0.5) is 0 Å². The van der Waals surface area contributed by atoms with Gasteiger partial charge in [0.1, 0.15) is 0 Å². The van der Waals surface area contributed by atoms with Crippen LogP contribution in [-0.2, 0) is 0 Å². The molecule has 0 unspecified atom stereocenters. The predicted octanol–water partition coefficient (Wildman–Crippen LogP) is 3.23. The van der Waals surface area contributed by atoms with Crippen LogP contribution >= 0.6 is 11.3 Å². The molecule has 0 atom stereocenters. The Bertz CT molecular complexity index is 662. The molecule has 2 aromatic heterocycles. The van der Waals surface area contributed by atoms with Gasteiger partial charge < -0.3 is 5.11 Å². The molecule has 0 saturated carbocycles. The Labute approximate surface area is 121 Å². The van der Waals surface area contributed by atoms with E-state index in [1.165, 1.54) is 17.5 Å². The maximum absolute atomic E-state index is 11.1. The molecule has 5 nitrogen and oxygen atoms in total. The van der Waals surface area contributed by atoms with Crippen LogP contribution in [0.25, 0.3) is 12.2 Å². The van der Waals surface area contributed by atoms with Crippen molar-refractivity contribution in [2.24, 2.45) is 0 Å². The lowest BCUT2D eigenvalue weighted by Gasteiger charge is -2.08. The van der Waals surface area contributed by atoms with Gasteiger partial charge in [-0.25, -0.2) is 19.7 Å². The summed E-state index contributed by atoms with van der Waals surface area (Å²) in [5.41, 5.74) is 3.44. The number of aromatic nitrogens is 3. The summed E-state index contributed by atoms with van der Waals surface area (Å²) in [4.78, 5) is 24.7. The lowest BCUT2D eigenvalue weighted by molar-refractivity contribution is 0.0694. The lowest BCUT2D eigenvalue weighted by Crippen LogP contribution is -2.08. The first-order chi connectivity index (χ1) is 9.49. The molecule has 0 saturated heterocycles. The fourth-order valence-electron chi connectivity index (χ4n) is 1.72. The molecular formula is C14H15N3O2S. The third-order valence-corrected chi connectivity index (χ3v) is 3.68. The summed E-state index contributed by atoms with van der Waals surface area (Å²) in [5, 5.41) is 9.12. The number of thiazole rings is 1. The van der Waals surface area contributed by atoms with E-state index in [1.807, 2.05) is 26.8 Å². The van der Waals surface area contributed by atoms with Crippen molar-refractivity contribution < 1.29 is 9.90 Å². The highest BCUT2D eigenvalue weighted by Crippen LogP contribution is 2.19. The van der Waals surface area contributed by atoms with Gasteiger partial charge >= 0.3 is 5.97 Å². The van der Waals surface area contributed by atoms with Gasteiger partial charge in [0.15, 0.2) is 5.82 Å². The summed E-state index contributed by atoms with van der Waals surface area (Å²) in [5.74, 6) is -0.463. The maximum Gasteiger partial charge on any atom is 0.339 e. The average Bonchev–Trinajstić information content (AvgIpc) is 2.81. The van der Waals surface area contributed by atoms with Gasteiger partial charge in [0.2, 0.25) is 0 Å². The van der Waals surface area contributed by atoms with Crippen molar-refractivity contribution in [1.82, 2.24) is 15.0 Å². The number of carboxylic acids is 1. The predicted molar refractivity (Wildman–Crippen MR) is 78.9 cm³/mol. The lowest BCUT2D eigenvalue weighted by atomic mass is 10.1. The van der Waals surface area contributed by atoms with Crippen LogP contribution < -0.4 is 0 Å². The van der Waals surface area contributed by atoms with E-state index < -0.39 is 5.97 Å². The van der Waals surface area contributed by atoms with Crippen LogP contribution in [0.1, 0.15) is 52.2 Å². The Morgan fingerprint density at radius 3 is 2.65 bits per heavy atom. The molecule has 6 heteroatoms. The van der Waals surface area contributed by atoms with E-state index in [0.29, 0.717) is 11.5 Å². The highest BCUT2D eigenvalue weighted by Gasteiger charge is 2.15. The molecule has 2 rings (SSSR count). The van der Waals surface area contributed by atoms with E-state index in [1.54, 1.807) is 11.6 Å². The second kappa shape index (κ2) is 5.92. The van der Waals surface area contributed by atoms with E-state index in [-0.39, 0.29) is 11.5 Å². The SMILES string of the molecule is Cc1ncsc1C=Cc1ncc(C(=O)O)c(C(C)C)n1. The Morgan fingerprint density at radius 1 is 1.35 bits per heavy atom. The largest absolute Gasteiger partial charge is 0.478 e. The summed E-state index contributed by atoms with van der Waals surface area (Å²) in [6.45, 7) is 5.76. The van der Waals surface area contributed by atoms with Crippen LogP contribution in [-0.4, -0.2) is 26.0 Å². The standard InChI is InChI=1S/C14H15N3O2S/c1-8(2)13-10(14(18)19)6-15-12(17-13)5-4-11-9(3)16-7-20-11/h4-8H,1-3H3,(H,18,19). The molecule has 0 amide bonds. The first-order valence-corrected chi connectivity index (χ1v) is 7.05. The number of nitrogens with zero attached hydrogens (tertiary/aromatic N) is 3. The number of aromatic carboxylic acids is 1. The first kappa shape index (κ1) is 14.3. The molecule has 0 aliphatic carbocycles.